The number of rotatable bonds is 2. The Hall–Kier alpha value is -4.12. The van der Waals surface area contributed by atoms with E-state index in [0.717, 1.165) is 46.7 Å². The molecule has 0 radical (unpaired) electrons. The van der Waals surface area contributed by atoms with E-state index < -0.39 is 0 Å². The first-order valence-electron chi connectivity index (χ1n) is 9.57. The average Bonchev–Trinajstić information content (AvgIpc) is 2.78. The minimum Gasteiger partial charge on any atom is -0.350 e. The van der Waals surface area contributed by atoms with E-state index in [1.54, 1.807) is 12.3 Å². The number of nitriles is 1. The number of hydrogen-bond donors (Lipinski definition) is 0. The van der Waals surface area contributed by atoms with Gasteiger partial charge in [-0.05, 0) is 42.3 Å². The third-order valence-corrected chi connectivity index (χ3v) is 5.29. The molecule has 0 saturated heterocycles. The van der Waals surface area contributed by atoms with Gasteiger partial charge < -0.3 is 4.90 Å². The Morgan fingerprint density at radius 1 is 1.07 bits per heavy atom. The maximum Gasteiger partial charge on any atom is 0.274 e. The summed E-state index contributed by atoms with van der Waals surface area (Å²) in [6.45, 7) is 3.40. The van der Waals surface area contributed by atoms with Crippen LogP contribution in [0.3, 0.4) is 0 Å². The van der Waals surface area contributed by atoms with E-state index in [2.05, 4.69) is 31.0 Å². The molecule has 0 amide bonds. The Kier molecular flexibility index (Phi) is 4.21. The van der Waals surface area contributed by atoms with Gasteiger partial charge in [0.05, 0.1) is 0 Å². The van der Waals surface area contributed by atoms with Crippen molar-refractivity contribution in [1.29, 1.82) is 5.26 Å². The number of hydrogen-bond acceptors (Lipinski definition) is 7. The summed E-state index contributed by atoms with van der Waals surface area (Å²) in [5.41, 5.74) is 5.75. The van der Waals surface area contributed by atoms with Crippen LogP contribution in [0.2, 0.25) is 0 Å². The van der Waals surface area contributed by atoms with Gasteiger partial charge in [-0.15, -0.1) is 5.10 Å². The lowest BCUT2D eigenvalue weighted by Crippen LogP contribution is -2.33. The predicted molar refractivity (Wildman–Crippen MR) is 111 cm³/mol. The van der Waals surface area contributed by atoms with Gasteiger partial charge in [0.2, 0.25) is 0 Å². The average molecular weight is 395 g/mol. The zero-order valence-electron chi connectivity index (χ0n) is 16.3. The van der Waals surface area contributed by atoms with E-state index in [-0.39, 0.29) is 5.56 Å². The van der Waals surface area contributed by atoms with Gasteiger partial charge in [-0.2, -0.15) is 9.78 Å². The smallest absolute Gasteiger partial charge is 0.274 e. The molecule has 146 valence electrons. The number of aryl methyl sites for hydroxylation is 1. The van der Waals surface area contributed by atoms with E-state index in [9.17, 15) is 4.79 Å². The van der Waals surface area contributed by atoms with E-state index in [0.29, 0.717) is 17.9 Å². The standard InChI is InChI=1S/C22H17N7O/c1-14-8-20-24-6-4-21(30)29(20)27-22(14)28-7-5-19-17(13-28)9-16(12-26-19)15-2-3-18(10-23)25-11-15/h2-4,6,8-9,11-12H,5,7,13H2,1H3. The minimum absolute atomic E-state index is 0.198. The molecule has 1 aliphatic rings. The lowest BCUT2D eigenvalue weighted by atomic mass is 10.0. The zero-order chi connectivity index (χ0) is 20.7. The summed E-state index contributed by atoms with van der Waals surface area (Å²) in [6, 6.07) is 11.0. The molecule has 0 unspecified atom stereocenters. The van der Waals surface area contributed by atoms with Crippen LogP contribution in [0.4, 0.5) is 5.82 Å². The first kappa shape index (κ1) is 17.9. The molecule has 5 rings (SSSR count). The zero-order valence-corrected chi connectivity index (χ0v) is 16.3. The highest BCUT2D eigenvalue weighted by Crippen LogP contribution is 2.28. The quantitative estimate of drug-likeness (QED) is 0.513. The molecule has 0 bridgehead atoms. The second-order valence-electron chi connectivity index (χ2n) is 7.25. The molecule has 0 spiro atoms. The molecule has 1 aliphatic heterocycles. The van der Waals surface area contributed by atoms with Crippen molar-refractivity contribution in [2.75, 3.05) is 11.4 Å². The number of aromatic nitrogens is 5. The Bertz CT molecular complexity index is 1370. The second kappa shape index (κ2) is 7.04. The number of pyridine rings is 2. The maximum absolute atomic E-state index is 12.2. The highest BCUT2D eigenvalue weighted by Gasteiger charge is 2.21. The van der Waals surface area contributed by atoms with Crippen molar-refractivity contribution in [3.05, 3.63) is 81.8 Å². The monoisotopic (exact) mass is 395 g/mol. The van der Waals surface area contributed by atoms with E-state index in [1.165, 1.54) is 16.8 Å². The highest BCUT2D eigenvalue weighted by atomic mass is 16.1. The Morgan fingerprint density at radius 3 is 2.73 bits per heavy atom. The molecule has 30 heavy (non-hydrogen) atoms. The predicted octanol–water partition coefficient (Wildman–Crippen LogP) is 2.29. The SMILES string of the molecule is Cc1cc2nccc(=O)n2nc1N1CCc2ncc(-c3ccc(C#N)nc3)cc2C1. The van der Waals surface area contributed by atoms with Crippen LogP contribution in [0, 0.1) is 18.3 Å². The molecule has 0 atom stereocenters. The van der Waals surface area contributed by atoms with Gasteiger partial charge in [-0.3, -0.25) is 9.78 Å². The number of nitrogens with zero attached hydrogens (tertiary/aromatic N) is 7. The fourth-order valence-electron chi connectivity index (χ4n) is 3.75. The van der Waals surface area contributed by atoms with Crippen LogP contribution in [0.5, 0.6) is 0 Å². The van der Waals surface area contributed by atoms with Gasteiger partial charge in [0.15, 0.2) is 11.5 Å². The van der Waals surface area contributed by atoms with Crippen LogP contribution < -0.4 is 10.5 Å². The highest BCUT2D eigenvalue weighted by molar-refractivity contribution is 5.64. The van der Waals surface area contributed by atoms with Crippen molar-refractivity contribution >= 4 is 11.5 Å². The van der Waals surface area contributed by atoms with Gasteiger partial charge in [0.1, 0.15) is 11.8 Å². The van der Waals surface area contributed by atoms with Gasteiger partial charge in [0.25, 0.3) is 5.56 Å². The van der Waals surface area contributed by atoms with Crippen LogP contribution in [0.15, 0.2) is 53.7 Å². The van der Waals surface area contributed by atoms with Crippen molar-refractivity contribution in [2.24, 2.45) is 0 Å². The summed E-state index contributed by atoms with van der Waals surface area (Å²) in [5, 5.41) is 13.5. The van der Waals surface area contributed by atoms with Gasteiger partial charge in [-0.1, -0.05) is 0 Å². The normalized spacial score (nSPS) is 13.1. The Balaban J connectivity index is 1.51. The molecule has 5 heterocycles. The fourth-order valence-corrected chi connectivity index (χ4v) is 3.75. The largest absolute Gasteiger partial charge is 0.350 e. The third kappa shape index (κ3) is 3.06. The summed E-state index contributed by atoms with van der Waals surface area (Å²) >= 11 is 0. The van der Waals surface area contributed by atoms with Crippen molar-refractivity contribution in [1.82, 2.24) is 24.6 Å². The van der Waals surface area contributed by atoms with Gasteiger partial charge >= 0.3 is 0 Å². The summed E-state index contributed by atoms with van der Waals surface area (Å²) in [6.07, 6.45) is 5.84. The number of anilines is 1. The topological polar surface area (TPSA) is 100 Å². The first-order valence-corrected chi connectivity index (χ1v) is 9.57. The first-order chi connectivity index (χ1) is 14.6. The molecule has 0 aromatic carbocycles. The van der Waals surface area contributed by atoms with Crippen molar-refractivity contribution in [2.45, 2.75) is 19.9 Å². The van der Waals surface area contributed by atoms with Crippen LogP contribution in [0.1, 0.15) is 22.5 Å². The molecular formula is C22H17N7O. The number of fused-ring (bicyclic) bond motifs is 2. The Labute approximate surface area is 172 Å². The second-order valence-corrected chi connectivity index (χ2v) is 7.25. The van der Waals surface area contributed by atoms with Crippen molar-refractivity contribution < 1.29 is 0 Å². The van der Waals surface area contributed by atoms with Crippen LogP contribution in [0.25, 0.3) is 16.8 Å². The molecule has 8 heteroatoms. The van der Waals surface area contributed by atoms with Crippen LogP contribution in [-0.2, 0) is 13.0 Å². The summed E-state index contributed by atoms with van der Waals surface area (Å²) in [4.78, 5) is 27.4. The molecule has 8 nitrogen and oxygen atoms in total. The van der Waals surface area contributed by atoms with E-state index in [4.69, 9.17) is 5.26 Å². The minimum atomic E-state index is -0.198. The maximum atomic E-state index is 12.2. The molecule has 0 N–H and O–H groups in total. The lowest BCUT2D eigenvalue weighted by Gasteiger charge is -2.30. The molecular weight excluding hydrogens is 378 g/mol. The van der Waals surface area contributed by atoms with Gasteiger partial charge in [-0.25, -0.2) is 9.97 Å². The molecule has 0 aliphatic carbocycles. The lowest BCUT2D eigenvalue weighted by molar-refractivity contribution is 0.685. The van der Waals surface area contributed by atoms with E-state index in [1.807, 2.05) is 31.3 Å². The van der Waals surface area contributed by atoms with E-state index >= 15 is 0 Å². The molecule has 4 aromatic rings. The van der Waals surface area contributed by atoms with Crippen molar-refractivity contribution in [3.63, 3.8) is 0 Å². The van der Waals surface area contributed by atoms with Crippen molar-refractivity contribution in [3.8, 4) is 17.2 Å². The summed E-state index contributed by atoms with van der Waals surface area (Å²) < 4.78 is 1.34. The van der Waals surface area contributed by atoms with Gasteiger partial charge in [0, 0.05) is 61.0 Å². The third-order valence-electron chi connectivity index (χ3n) is 5.29. The van der Waals surface area contributed by atoms with Crippen LogP contribution in [-0.4, -0.2) is 31.1 Å². The summed E-state index contributed by atoms with van der Waals surface area (Å²) in [5.74, 6) is 0.772. The van der Waals surface area contributed by atoms with Crippen LogP contribution >= 0.6 is 0 Å². The fraction of sp³-hybridized carbons (Fsp3) is 0.182. The molecule has 0 fully saturated rings. The summed E-state index contributed by atoms with van der Waals surface area (Å²) in [7, 11) is 0. The molecule has 4 aromatic heterocycles. The Morgan fingerprint density at radius 2 is 1.93 bits per heavy atom. The molecule has 0 saturated carbocycles.